The van der Waals surface area contributed by atoms with Gasteiger partial charge in [0.2, 0.25) is 0 Å². The SMILES string of the molecule is COc1ccccc1CN(Cc1cccs1)C(=O)c1nn(CC(C)C)c(=O)c2ccccc12. The summed E-state index contributed by atoms with van der Waals surface area (Å²) in [6.07, 6.45) is 0. The summed E-state index contributed by atoms with van der Waals surface area (Å²) in [6.45, 7) is 5.29. The Balaban J connectivity index is 1.81. The van der Waals surface area contributed by atoms with Crippen LogP contribution < -0.4 is 10.3 Å². The van der Waals surface area contributed by atoms with Gasteiger partial charge in [-0.25, -0.2) is 4.68 Å². The highest BCUT2D eigenvalue weighted by Gasteiger charge is 2.24. The molecule has 0 atom stereocenters. The maximum absolute atomic E-state index is 14.0. The molecule has 6 nitrogen and oxygen atoms in total. The van der Waals surface area contributed by atoms with Gasteiger partial charge in [0.25, 0.3) is 11.5 Å². The molecular weight excluding hydrogens is 434 g/mol. The highest BCUT2D eigenvalue weighted by molar-refractivity contribution is 7.09. The maximum atomic E-state index is 14.0. The Morgan fingerprint density at radius 2 is 1.76 bits per heavy atom. The number of nitrogens with zero attached hydrogens (tertiary/aromatic N) is 3. The van der Waals surface area contributed by atoms with Gasteiger partial charge in [-0.3, -0.25) is 9.59 Å². The number of carbonyl (C=O) groups excluding carboxylic acids is 1. The van der Waals surface area contributed by atoms with Gasteiger partial charge in [-0.15, -0.1) is 11.3 Å². The average Bonchev–Trinajstić information content (AvgIpc) is 3.33. The van der Waals surface area contributed by atoms with E-state index in [4.69, 9.17) is 4.74 Å². The van der Waals surface area contributed by atoms with Crippen LogP contribution in [0, 0.1) is 5.92 Å². The molecule has 0 spiro atoms. The number of hydrogen-bond acceptors (Lipinski definition) is 5. The molecule has 33 heavy (non-hydrogen) atoms. The molecule has 0 aliphatic carbocycles. The molecule has 2 aromatic carbocycles. The van der Waals surface area contributed by atoms with Crippen LogP contribution in [0.5, 0.6) is 5.75 Å². The van der Waals surface area contributed by atoms with Crippen LogP contribution in [0.25, 0.3) is 10.8 Å². The highest BCUT2D eigenvalue weighted by atomic mass is 32.1. The maximum Gasteiger partial charge on any atom is 0.275 e. The molecule has 0 aliphatic rings. The average molecular weight is 462 g/mol. The summed E-state index contributed by atoms with van der Waals surface area (Å²) in [5.41, 5.74) is 1.02. The number of para-hydroxylation sites is 1. The molecule has 1 amide bonds. The number of benzene rings is 2. The van der Waals surface area contributed by atoms with E-state index in [-0.39, 0.29) is 23.1 Å². The van der Waals surface area contributed by atoms with E-state index < -0.39 is 0 Å². The fraction of sp³-hybridized carbons (Fsp3) is 0.269. The Morgan fingerprint density at radius 1 is 1.03 bits per heavy atom. The minimum atomic E-state index is -0.219. The van der Waals surface area contributed by atoms with Gasteiger partial charge in [0, 0.05) is 22.4 Å². The minimum absolute atomic E-state index is 0.176. The van der Waals surface area contributed by atoms with Crippen molar-refractivity contribution in [3.8, 4) is 5.75 Å². The second-order valence-corrected chi connectivity index (χ2v) is 9.36. The van der Waals surface area contributed by atoms with Crippen LogP contribution in [0.3, 0.4) is 0 Å². The monoisotopic (exact) mass is 461 g/mol. The lowest BCUT2D eigenvalue weighted by molar-refractivity contribution is 0.0724. The van der Waals surface area contributed by atoms with Crippen molar-refractivity contribution in [3.63, 3.8) is 0 Å². The lowest BCUT2D eigenvalue weighted by Crippen LogP contribution is -2.34. The molecule has 0 radical (unpaired) electrons. The number of carbonyl (C=O) groups is 1. The molecule has 0 unspecified atom stereocenters. The molecule has 0 bridgehead atoms. The number of hydrogen-bond donors (Lipinski definition) is 0. The van der Waals surface area contributed by atoms with Crippen molar-refractivity contribution in [2.24, 2.45) is 5.92 Å². The van der Waals surface area contributed by atoms with Crippen molar-refractivity contribution in [1.29, 1.82) is 0 Å². The summed E-state index contributed by atoms with van der Waals surface area (Å²) in [5.74, 6) is 0.724. The third-order valence-electron chi connectivity index (χ3n) is 5.38. The molecule has 0 saturated heterocycles. The number of ether oxygens (including phenoxy) is 1. The predicted molar refractivity (Wildman–Crippen MR) is 132 cm³/mol. The zero-order valence-corrected chi connectivity index (χ0v) is 19.8. The summed E-state index contributed by atoms with van der Waals surface area (Å²) >= 11 is 1.60. The van der Waals surface area contributed by atoms with E-state index in [9.17, 15) is 9.59 Å². The van der Waals surface area contributed by atoms with E-state index in [1.807, 2.05) is 67.8 Å². The van der Waals surface area contributed by atoms with Gasteiger partial charge in [-0.2, -0.15) is 5.10 Å². The first-order chi connectivity index (χ1) is 16.0. The molecule has 4 rings (SSSR count). The normalized spacial score (nSPS) is 11.2. The number of rotatable bonds is 8. The number of thiophene rings is 1. The van der Waals surface area contributed by atoms with Crippen LogP contribution in [-0.2, 0) is 19.6 Å². The van der Waals surface area contributed by atoms with E-state index in [2.05, 4.69) is 5.10 Å². The van der Waals surface area contributed by atoms with Crippen molar-refractivity contribution in [1.82, 2.24) is 14.7 Å². The van der Waals surface area contributed by atoms with Gasteiger partial charge in [0.05, 0.1) is 25.6 Å². The topological polar surface area (TPSA) is 64.4 Å². The summed E-state index contributed by atoms with van der Waals surface area (Å²) in [4.78, 5) is 29.8. The summed E-state index contributed by atoms with van der Waals surface area (Å²) < 4.78 is 6.94. The van der Waals surface area contributed by atoms with Crippen molar-refractivity contribution in [2.45, 2.75) is 33.5 Å². The Morgan fingerprint density at radius 3 is 2.45 bits per heavy atom. The molecular formula is C26H27N3O3S. The second-order valence-electron chi connectivity index (χ2n) is 8.33. The van der Waals surface area contributed by atoms with E-state index in [1.165, 1.54) is 4.68 Å². The van der Waals surface area contributed by atoms with Gasteiger partial charge in [0.1, 0.15) is 5.75 Å². The van der Waals surface area contributed by atoms with Crippen LogP contribution in [0.1, 0.15) is 34.8 Å². The van der Waals surface area contributed by atoms with Gasteiger partial charge >= 0.3 is 0 Å². The van der Waals surface area contributed by atoms with Crippen molar-refractivity contribution >= 4 is 28.0 Å². The third-order valence-corrected chi connectivity index (χ3v) is 6.24. The number of amides is 1. The third kappa shape index (κ3) is 4.98. The summed E-state index contributed by atoms with van der Waals surface area (Å²) in [7, 11) is 1.63. The first-order valence-corrected chi connectivity index (χ1v) is 11.8. The lowest BCUT2D eigenvalue weighted by Gasteiger charge is -2.24. The van der Waals surface area contributed by atoms with Crippen molar-refractivity contribution in [3.05, 3.63) is 92.5 Å². The van der Waals surface area contributed by atoms with Gasteiger partial charge in [-0.05, 0) is 29.5 Å². The van der Waals surface area contributed by atoms with Crippen LogP contribution in [0.15, 0.2) is 70.8 Å². The minimum Gasteiger partial charge on any atom is -0.496 e. The van der Waals surface area contributed by atoms with Gasteiger partial charge in [0.15, 0.2) is 5.69 Å². The fourth-order valence-electron chi connectivity index (χ4n) is 3.84. The largest absolute Gasteiger partial charge is 0.496 e. The molecule has 4 aromatic rings. The number of aromatic nitrogens is 2. The Hall–Kier alpha value is -3.45. The lowest BCUT2D eigenvalue weighted by atomic mass is 10.1. The molecule has 0 aliphatic heterocycles. The standard InChI is InChI=1S/C26H27N3O3S/c1-18(2)15-29-25(30)22-12-6-5-11-21(22)24(27-29)26(31)28(17-20-10-8-14-33-20)16-19-9-4-7-13-23(19)32-3/h4-14,18H,15-17H2,1-3H3. The van der Waals surface area contributed by atoms with Crippen LogP contribution in [0.4, 0.5) is 0 Å². The van der Waals surface area contributed by atoms with Crippen LogP contribution in [0.2, 0.25) is 0 Å². The zero-order chi connectivity index (χ0) is 23.4. The molecule has 170 valence electrons. The Labute approximate surface area is 197 Å². The van der Waals surface area contributed by atoms with Crippen LogP contribution in [-0.4, -0.2) is 27.7 Å². The van der Waals surface area contributed by atoms with Gasteiger partial charge < -0.3 is 9.64 Å². The number of methoxy groups -OCH3 is 1. The van der Waals surface area contributed by atoms with E-state index in [0.717, 1.165) is 16.2 Å². The molecule has 7 heteroatoms. The first-order valence-electron chi connectivity index (χ1n) is 10.9. The second kappa shape index (κ2) is 10.0. The molecule has 0 N–H and O–H groups in total. The molecule has 0 fully saturated rings. The van der Waals surface area contributed by atoms with E-state index in [0.29, 0.717) is 30.4 Å². The highest BCUT2D eigenvalue weighted by Crippen LogP contribution is 2.24. The van der Waals surface area contributed by atoms with Crippen molar-refractivity contribution in [2.75, 3.05) is 7.11 Å². The Kier molecular flexibility index (Phi) is 6.89. The summed E-state index contributed by atoms with van der Waals surface area (Å²) in [5, 5.41) is 7.63. The zero-order valence-electron chi connectivity index (χ0n) is 19.0. The molecule has 0 saturated carbocycles. The quantitative estimate of drug-likeness (QED) is 0.372. The fourth-order valence-corrected chi connectivity index (χ4v) is 4.56. The van der Waals surface area contributed by atoms with E-state index in [1.54, 1.807) is 35.5 Å². The smallest absolute Gasteiger partial charge is 0.275 e. The van der Waals surface area contributed by atoms with E-state index >= 15 is 0 Å². The molecule has 2 aromatic heterocycles. The summed E-state index contributed by atoms with van der Waals surface area (Å²) in [6, 6.07) is 18.9. The number of fused-ring (bicyclic) bond motifs is 1. The van der Waals surface area contributed by atoms with Crippen molar-refractivity contribution < 1.29 is 9.53 Å². The predicted octanol–water partition coefficient (Wildman–Crippen LogP) is 4.97. The molecule has 2 heterocycles. The Bertz CT molecular complexity index is 1310. The van der Waals surface area contributed by atoms with Gasteiger partial charge in [-0.1, -0.05) is 56.3 Å². The first kappa shape index (κ1) is 22.7. The van der Waals surface area contributed by atoms with Crippen LogP contribution >= 0.6 is 11.3 Å².